The predicted molar refractivity (Wildman–Crippen MR) is 92.4 cm³/mol. The number of amides is 1. The molecular weight excluding hydrogens is 300 g/mol. The Morgan fingerprint density at radius 1 is 1.00 bits per heavy atom. The quantitative estimate of drug-likeness (QED) is 0.837. The summed E-state index contributed by atoms with van der Waals surface area (Å²) >= 11 is 0. The van der Waals surface area contributed by atoms with Crippen LogP contribution in [0.1, 0.15) is 95.0 Å². The van der Waals surface area contributed by atoms with Crippen LogP contribution in [0.4, 0.5) is 0 Å². The third-order valence-electron chi connectivity index (χ3n) is 6.38. The molecule has 1 aliphatic heterocycles. The average molecular weight is 330 g/mol. The lowest BCUT2D eigenvalue weighted by Crippen LogP contribution is -2.33. The zero-order valence-corrected chi connectivity index (χ0v) is 14.7. The fraction of sp³-hybridized carbons (Fsp3) is 0.842. The summed E-state index contributed by atoms with van der Waals surface area (Å²) in [6.45, 7) is 0.897. The van der Waals surface area contributed by atoms with E-state index in [1.807, 2.05) is 6.33 Å². The lowest BCUT2D eigenvalue weighted by atomic mass is 9.86. The van der Waals surface area contributed by atoms with Crippen molar-refractivity contribution in [3.63, 3.8) is 0 Å². The maximum Gasteiger partial charge on any atom is 0.223 e. The molecular formula is C19H30N4O. The smallest absolute Gasteiger partial charge is 0.223 e. The first kappa shape index (κ1) is 16.1. The fourth-order valence-electron chi connectivity index (χ4n) is 5.04. The van der Waals surface area contributed by atoms with Gasteiger partial charge in [-0.25, -0.2) is 0 Å². The lowest BCUT2D eigenvalue weighted by Gasteiger charge is -2.28. The number of carbonyl (C=O) groups excluding carboxylic acids is 1. The molecule has 3 aliphatic rings. The zero-order valence-electron chi connectivity index (χ0n) is 14.7. The maximum absolute atomic E-state index is 12.9. The van der Waals surface area contributed by atoms with Crippen LogP contribution in [-0.2, 0) is 4.79 Å². The topological polar surface area (TPSA) is 51.0 Å². The third kappa shape index (κ3) is 3.22. The Morgan fingerprint density at radius 3 is 2.54 bits per heavy atom. The molecule has 0 bridgehead atoms. The Balaban J connectivity index is 1.46. The van der Waals surface area contributed by atoms with Gasteiger partial charge in [-0.1, -0.05) is 32.1 Å². The number of rotatable bonds is 4. The van der Waals surface area contributed by atoms with Crippen LogP contribution in [0.2, 0.25) is 0 Å². The van der Waals surface area contributed by atoms with Gasteiger partial charge in [-0.3, -0.25) is 4.79 Å². The van der Waals surface area contributed by atoms with Gasteiger partial charge >= 0.3 is 0 Å². The van der Waals surface area contributed by atoms with Gasteiger partial charge < -0.3 is 9.47 Å². The molecule has 3 fully saturated rings. The second-order valence-electron chi connectivity index (χ2n) is 7.99. The van der Waals surface area contributed by atoms with E-state index in [9.17, 15) is 4.79 Å². The third-order valence-corrected chi connectivity index (χ3v) is 6.38. The van der Waals surface area contributed by atoms with Gasteiger partial charge in [0.05, 0.1) is 6.04 Å². The highest BCUT2D eigenvalue weighted by molar-refractivity contribution is 5.77. The van der Waals surface area contributed by atoms with E-state index in [4.69, 9.17) is 0 Å². The predicted octanol–water partition coefficient (Wildman–Crippen LogP) is 4.03. The van der Waals surface area contributed by atoms with Crippen LogP contribution in [0.15, 0.2) is 6.33 Å². The molecule has 1 aromatic heterocycles. The van der Waals surface area contributed by atoms with Crippen LogP contribution in [0.3, 0.4) is 0 Å². The van der Waals surface area contributed by atoms with E-state index in [2.05, 4.69) is 19.7 Å². The van der Waals surface area contributed by atoms with E-state index in [0.29, 0.717) is 17.9 Å². The molecule has 0 spiro atoms. The molecule has 1 aromatic rings. The second-order valence-corrected chi connectivity index (χ2v) is 7.99. The van der Waals surface area contributed by atoms with Gasteiger partial charge in [0.1, 0.15) is 6.33 Å². The molecule has 2 heterocycles. The molecule has 5 heteroatoms. The second kappa shape index (κ2) is 7.24. The summed E-state index contributed by atoms with van der Waals surface area (Å²) in [4.78, 5) is 15.0. The molecule has 0 radical (unpaired) electrons. The van der Waals surface area contributed by atoms with Crippen molar-refractivity contribution in [3.8, 4) is 0 Å². The summed E-state index contributed by atoms with van der Waals surface area (Å²) in [5.41, 5.74) is 0. The van der Waals surface area contributed by atoms with Crippen LogP contribution >= 0.6 is 0 Å². The van der Waals surface area contributed by atoms with Crippen LogP contribution in [0, 0.1) is 5.92 Å². The van der Waals surface area contributed by atoms with Crippen LogP contribution in [0.5, 0.6) is 0 Å². The number of hydrogen-bond acceptors (Lipinski definition) is 3. The highest BCUT2D eigenvalue weighted by Crippen LogP contribution is 2.37. The number of aromatic nitrogens is 3. The van der Waals surface area contributed by atoms with Crippen molar-refractivity contribution in [2.45, 2.75) is 89.1 Å². The van der Waals surface area contributed by atoms with Crippen molar-refractivity contribution in [2.75, 3.05) is 6.54 Å². The maximum atomic E-state index is 12.9. The van der Waals surface area contributed by atoms with E-state index in [0.717, 1.165) is 31.6 Å². The normalized spacial score (nSPS) is 26.3. The summed E-state index contributed by atoms with van der Waals surface area (Å²) in [5, 5.41) is 8.64. The minimum atomic E-state index is 0.157. The van der Waals surface area contributed by atoms with Crippen LogP contribution in [-0.4, -0.2) is 32.1 Å². The van der Waals surface area contributed by atoms with Crippen molar-refractivity contribution >= 4 is 5.91 Å². The molecule has 132 valence electrons. The van der Waals surface area contributed by atoms with Gasteiger partial charge in [-0.05, 0) is 44.4 Å². The largest absolute Gasteiger partial charge is 0.332 e. The van der Waals surface area contributed by atoms with E-state index < -0.39 is 0 Å². The number of carbonyl (C=O) groups is 1. The number of hydrogen-bond donors (Lipinski definition) is 0. The SMILES string of the molecule is O=C(CC1CCCCC1)N1CCCC1c1nncn1C1CCCC1. The van der Waals surface area contributed by atoms with Crippen LogP contribution in [0.25, 0.3) is 0 Å². The van der Waals surface area contributed by atoms with Gasteiger partial charge in [0, 0.05) is 19.0 Å². The van der Waals surface area contributed by atoms with Crippen molar-refractivity contribution < 1.29 is 4.79 Å². The van der Waals surface area contributed by atoms with Crippen molar-refractivity contribution in [1.29, 1.82) is 0 Å². The molecule has 4 rings (SSSR count). The minimum Gasteiger partial charge on any atom is -0.332 e. The van der Waals surface area contributed by atoms with Gasteiger partial charge in [-0.15, -0.1) is 10.2 Å². The molecule has 1 amide bonds. The van der Waals surface area contributed by atoms with Gasteiger partial charge in [0.15, 0.2) is 5.82 Å². The Kier molecular flexibility index (Phi) is 4.86. The lowest BCUT2D eigenvalue weighted by molar-refractivity contribution is -0.133. The molecule has 2 saturated carbocycles. The Labute approximate surface area is 144 Å². The number of nitrogens with zero attached hydrogens (tertiary/aromatic N) is 4. The monoisotopic (exact) mass is 330 g/mol. The fourth-order valence-corrected chi connectivity index (χ4v) is 5.04. The number of likely N-dealkylation sites (tertiary alicyclic amines) is 1. The molecule has 24 heavy (non-hydrogen) atoms. The summed E-state index contributed by atoms with van der Waals surface area (Å²) in [6.07, 6.45) is 16.3. The molecule has 5 nitrogen and oxygen atoms in total. The van der Waals surface area contributed by atoms with Crippen molar-refractivity contribution in [2.24, 2.45) is 5.92 Å². The highest BCUT2D eigenvalue weighted by Gasteiger charge is 2.35. The van der Waals surface area contributed by atoms with Crippen molar-refractivity contribution in [3.05, 3.63) is 12.2 Å². The van der Waals surface area contributed by atoms with E-state index in [-0.39, 0.29) is 6.04 Å². The van der Waals surface area contributed by atoms with Gasteiger partial charge in [0.2, 0.25) is 5.91 Å². The van der Waals surface area contributed by atoms with Crippen LogP contribution < -0.4 is 0 Å². The van der Waals surface area contributed by atoms with E-state index in [1.165, 1.54) is 57.8 Å². The summed E-state index contributed by atoms with van der Waals surface area (Å²) in [6, 6.07) is 0.704. The molecule has 0 N–H and O–H groups in total. The van der Waals surface area contributed by atoms with Gasteiger partial charge in [-0.2, -0.15) is 0 Å². The zero-order chi connectivity index (χ0) is 16.4. The highest BCUT2D eigenvalue weighted by atomic mass is 16.2. The molecule has 1 atom stereocenters. The summed E-state index contributed by atoms with van der Waals surface area (Å²) in [7, 11) is 0. The molecule has 0 aromatic carbocycles. The minimum absolute atomic E-state index is 0.157. The first-order valence-corrected chi connectivity index (χ1v) is 10.0. The first-order chi connectivity index (χ1) is 11.8. The standard InChI is InChI=1S/C19H30N4O/c24-18(13-15-7-2-1-3-8-15)22-12-6-11-17(22)19-21-20-14-23(19)16-9-4-5-10-16/h14-17H,1-13H2. The average Bonchev–Trinajstić information content (AvgIpc) is 3.34. The van der Waals surface area contributed by atoms with E-state index >= 15 is 0 Å². The molecule has 1 unspecified atom stereocenters. The van der Waals surface area contributed by atoms with Crippen molar-refractivity contribution in [1.82, 2.24) is 19.7 Å². The summed E-state index contributed by atoms with van der Waals surface area (Å²) < 4.78 is 2.28. The summed E-state index contributed by atoms with van der Waals surface area (Å²) in [5.74, 6) is 2.00. The Morgan fingerprint density at radius 2 is 1.75 bits per heavy atom. The Bertz CT molecular complexity index is 557. The van der Waals surface area contributed by atoms with Gasteiger partial charge in [0.25, 0.3) is 0 Å². The molecule has 2 aliphatic carbocycles. The Hall–Kier alpha value is -1.39. The van der Waals surface area contributed by atoms with E-state index in [1.54, 1.807) is 0 Å². The first-order valence-electron chi connectivity index (χ1n) is 10.0. The molecule has 1 saturated heterocycles.